The van der Waals surface area contributed by atoms with E-state index in [1.807, 2.05) is 20.8 Å². The van der Waals surface area contributed by atoms with Crippen molar-refractivity contribution >= 4 is 28.3 Å². The van der Waals surface area contributed by atoms with E-state index >= 15 is 0 Å². The summed E-state index contributed by atoms with van der Waals surface area (Å²) in [6.45, 7) is 5.67. The smallest absolute Gasteiger partial charge is 0.287 e. The van der Waals surface area contributed by atoms with Crippen molar-refractivity contribution in [2.75, 3.05) is 5.32 Å². The molecule has 118 valence electrons. The average Bonchev–Trinajstić information content (AvgIpc) is 3.14. The van der Waals surface area contributed by atoms with Crippen molar-refractivity contribution in [1.29, 1.82) is 0 Å². The maximum Gasteiger partial charge on any atom is 0.287 e. The van der Waals surface area contributed by atoms with E-state index < -0.39 is 11.9 Å². The van der Waals surface area contributed by atoms with Crippen LogP contribution in [0.15, 0.2) is 22.8 Å². The fraction of sp³-hybridized carbons (Fsp3) is 0.429. The van der Waals surface area contributed by atoms with E-state index in [1.165, 1.54) is 17.6 Å². The van der Waals surface area contributed by atoms with E-state index in [4.69, 9.17) is 4.42 Å². The maximum atomic E-state index is 12.3. The van der Waals surface area contributed by atoms with Gasteiger partial charge in [-0.15, -0.1) is 10.2 Å². The summed E-state index contributed by atoms with van der Waals surface area (Å²) < 4.78 is 5.03. The third-order valence-corrected chi connectivity index (χ3v) is 3.96. The molecule has 2 aromatic rings. The number of hydrogen-bond donors (Lipinski definition) is 2. The summed E-state index contributed by atoms with van der Waals surface area (Å²) in [7, 11) is 0. The molecule has 2 amide bonds. The summed E-state index contributed by atoms with van der Waals surface area (Å²) in [5, 5.41) is 14.5. The highest BCUT2D eigenvalue weighted by Crippen LogP contribution is 2.16. The molecule has 0 bridgehead atoms. The monoisotopic (exact) mass is 322 g/mol. The zero-order chi connectivity index (χ0) is 16.1. The number of aromatic nitrogens is 2. The summed E-state index contributed by atoms with van der Waals surface area (Å²) in [4.78, 5) is 24.4. The Kier molecular flexibility index (Phi) is 5.26. The molecule has 2 N–H and O–H groups in total. The lowest BCUT2D eigenvalue weighted by Crippen LogP contribution is -2.47. The number of nitrogens with one attached hydrogen (secondary N) is 2. The number of carbonyl (C=O) groups excluding carboxylic acids is 2. The van der Waals surface area contributed by atoms with Crippen LogP contribution in [0.5, 0.6) is 0 Å². The number of rotatable bonds is 6. The molecule has 0 aliphatic rings. The Morgan fingerprint density at radius 1 is 1.36 bits per heavy atom. The van der Waals surface area contributed by atoms with Gasteiger partial charge in [0.25, 0.3) is 5.91 Å². The first-order chi connectivity index (χ1) is 10.5. The molecule has 0 saturated heterocycles. The highest BCUT2D eigenvalue weighted by atomic mass is 32.1. The van der Waals surface area contributed by atoms with Crippen LogP contribution in [-0.4, -0.2) is 28.1 Å². The molecule has 0 aliphatic heterocycles. The van der Waals surface area contributed by atoms with Gasteiger partial charge in [0.2, 0.25) is 11.0 Å². The van der Waals surface area contributed by atoms with Gasteiger partial charge in [0.1, 0.15) is 11.0 Å². The minimum absolute atomic E-state index is 0.0857. The normalized spacial score (nSPS) is 12.2. The number of furan rings is 1. The van der Waals surface area contributed by atoms with E-state index in [0.29, 0.717) is 5.13 Å². The molecule has 0 unspecified atom stereocenters. The first-order valence-electron chi connectivity index (χ1n) is 6.98. The quantitative estimate of drug-likeness (QED) is 0.848. The average molecular weight is 322 g/mol. The fourth-order valence-electron chi connectivity index (χ4n) is 1.79. The zero-order valence-corrected chi connectivity index (χ0v) is 13.4. The van der Waals surface area contributed by atoms with E-state index in [-0.39, 0.29) is 17.6 Å². The molecule has 0 fully saturated rings. The Morgan fingerprint density at radius 3 is 2.68 bits per heavy atom. The van der Waals surface area contributed by atoms with Gasteiger partial charge in [-0.3, -0.25) is 14.9 Å². The second-order valence-corrected chi connectivity index (χ2v) is 6.08. The third kappa shape index (κ3) is 3.91. The van der Waals surface area contributed by atoms with Crippen LogP contribution in [0.1, 0.15) is 36.3 Å². The number of aryl methyl sites for hydroxylation is 1. The van der Waals surface area contributed by atoms with Crippen molar-refractivity contribution in [2.45, 2.75) is 33.2 Å². The second kappa shape index (κ2) is 7.17. The van der Waals surface area contributed by atoms with Gasteiger partial charge in [-0.1, -0.05) is 32.1 Å². The Labute approximate surface area is 132 Å². The Hall–Kier alpha value is -2.22. The van der Waals surface area contributed by atoms with Crippen molar-refractivity contribution in [3.63, 3.8) is 0 Å². The van der Waals surface area contributed by atoms with Gasteiger partial charge < -0.3 is 9.73 Å². The summed E-state index contributed by atoms with van der Waals surface area (Å²) in [5.41, 5.74) is 0. The van der Waals surface area contributed by atoms with Gasteiger partial charge in [0, 0.05) is 0 Å². The molecule has 0 saturated carbocycles. The Bertz CT molecular complexity index is 636. The molecule has 0 aromatic carbocycles. The van der Waals surface area contributed by atoms with E-state index in [1.54, 1.807) is 12.1 Å². The molecular weight excluding hydrogens is 304 g/mol. The topological polar surface area (TPSA) is 97.1 Å². The SMILES string of the molecule is CCc1nnc(NC(=O)[C@@H](NC(=O)c2ccco2)C(C)C)s1. The first kappa shape index (κ1) is 16.2. The highest BCUT2D eigenvalue weighted by molar-refractivity contribution is 7.15. The summed E-state index contributed by atoms with van der Waals surface area (Å²) >= 11 is 1.32. The fourth-order valence-corrected chi connectivity index (χ4v) is 2.47. The molecule has 2 heterocycles. The van der Waals surface area contributed by atoms with Crippen molar-refractivity contribution in [3.8, 4) is 0 Å². The van der Waals surface area contributed by atoms with Crippen molar-refractivity contribution in [2.24, 2.45) is 5.92 Å². The predicted octanol–water partition coefficient (Wildman–Crippen LogP) is 2.09. The van der Waals surface area contributed by atoms with Gasteiger partial charge in [0.15, 0.2) is 5.76 Å². The van der Waals surface area contributed by atoms with Gasteiger partial charge in [-0.25, -0.2) is 0 Å². The highest BCUT2D eigenvalue weighted by Gasteiger charge is 2.26. The molecular formula is C14H18N4O3S. The van der Waals surface area contributed by atoms with Crippen molar-refractivity contribution in [3.05, 3.63) is 29.2 Å². The minimum atomic E-state index is -0.688. The van der Waals surface area contributed by atoms with Gasteiger partial charge >= 0.3 is 0 Å². The molecule has 1 atom stereocenters. The predicted molar refractivity (Wildman–Crippen MR) is 82.7 cm³/mol. The van der Waals surface area contributed by atoms with Crippen LogP contribution in [0.2, 0.25) is 0 Å². The zero-order valence-electron chi connectivity index (χ0n) is 12.6. The van der Waals surface area contributed by atoms with Crippen LogP contribution >= 0.6 is 11.3 Å². The van der Waals surface area contributed by atoms with Crippen molar-refractivity contribution in [1.82, 2.24) is 15.5 Å². The second-order valence-electron chi connectivity index (χ2n) is 5.02. The van der Waals surface area contributed by atoms with Gasteiger partial charge in [-0.05, 0) is 24.5 Å². The van der Waals surface area contributed by atoms with E-state index in [0.717, 1.165) is 11.4 Å². The molecule has 2 aromatic heterocycles. The van der Waals surface area contributed by atoms with Crippen LogP contribution in [0.25, 0.3) is 0 Å². The summed E-state index contributed by atoms with van der Waals surface area (Å²) in [6.07, 6.45) is 2.17. The number of nitrogens with zero attached hydrogens (tertiary/aromatic N) is 2. The van der Waals surface area contributed by atoms with Crippen LogP contribution in [0.4, 0.5) is 5.13 Å². The molecule has 8 heteroatoms. The summed E-state index contributed by atoms with van der Waals surface area (Å²) in [5.74, 6) is -0.667. The van der Waals surface area contributed by atoms with E-state index in [2.05, 4.69) is 20.8 Å². The van der Waals surface area contributed by atoms with Crippen LogP contribution in [-0.2, 0) is 11.2 Å². The molecule has 0 spiro atoms. The molecule has 7 nitrogen and oxygen atoms in total. The standard InChI is InChI=1S/C14H18N4O3S/c1-4-10-17-18-14(22-10)16-13(20)11(8(2)3)15-12(19)9-6-5-7-21-9/h5-8,11H,4H2,1-3H3,(H,15,19)(H,16,18,20)/t11-/m0/s1. The third-order valence-electron chi connectivity index (χ3n) is 2.98. The molecule has 0 radical (unpaired) electrons. The van der Waals surface area contributed by atoms with Crippen LogP contribution < -0.4 is 10.6 Å². The van der Waals surface area contributed by atoms with Crippen molar-refractivity contribution < 1.29 is 14.0 Å². The lowest BCUT2D eigenvalue weighted by molar-refractivity contribution is -0.118. The van der Waals surface area contributed by atoms with Gasteiger partial charge in [-0.2, -0.15) is 0 Å². The first-order valence-corrected chi connectivity index (χ1v) is 7.80. The Balaban J connectivity index is 2.03. The number of carbonyl (C=O) groups is 2. The largest absolute Gasteiger partial charge is 0.459 e. The summed E-state index contributed by atoms with van der Waals surface area (Å²) in [6, 6.07) is 2.47. The number of amides is 2. The minimum Gasteiger partial charge on any atom is -0.459 e. The Morgan fingerprint density at radius 2 is 2.14 bits per heavy atom. The number of hydrogen-bond acceptors (Lipinski definition) is 6. The molecule has 2 rings (SSSR count). The van der Waals surface area contributed by atoms with Gasteiger partial charge in [0.05, 0.1) is 6.26 Å². The maximum absolute atomic E-state index is 12.3. The van der Waals surface area contributed by atoms with E-state index in [9.17, 15) is 9.59 Å². The molecule has 22 heavy (non-hydrogen) atoms. The number of anilines is 1. The van der Waals surface area contributed by atoms with Crippen LogP contribution in [0.3, 0.4) is 0 Å². The molecule has 0 aliphatic carbocycles. The van der Waals surface area contributed by atoms with Crippen LogP contribution in [0, 0.1) is 5.92 Å². The lowest BCUT2D eigenvalue weighted by Gasteiger charge is -2.20. The lowest BCUT2D eigenvalue weighted by atomic mass is 10.0.